The topological polar surface area (TPSA) is 41.4 Å². The maximum Gasteiger partial charge on any atom is 0.274 e. The fraction of sp³-hybridized carbons (Fsp3) is 0.241. The van der Waals surface area contributed by atoms with Gasteiger partial charge in [0.1, 0.15) is 5.82 Å². The van der Waals surface area contributed by atoms with E-state index in [0.717, 1.165) is 50.3 Å². The van der Waals surface area contributed by atoms with E-state index in [9.17, 15) is 9.18 Å². The molecular weight excluding hydrogens is 439 g/mol. The first-order valence-electron chi connectivity index (χ1n) is 12.1. The second-order valence-electron chi connectivity index (χ2n) is 8.86. The molecule has 4 aromatic rings. The molecule has 0 aliphatic carbocycles. The smallest absolute Gasteiger partial charge is 0.274 e. The number of anilines is 1. The van der Waals surface area contributed by atoms with Crippen molar-refractivity contribution in [2.45, 2.75) is 13.0 Å². The van der Waals surface area contributed by atoms with Gasteiger partial charge in [0.2, 0.25) is 0 Å². The average molecular weight is 469 g/mol. The van der Waals surface area contributed by atoms with Crippen LogP contribution in [0.5, 0.6) is 0 Å². The average Bonchev–Trinajstić information content (AvgIpc) is 2.91. The van der Waals surface area contributed by atoms with Crippen molar-refractivity contribution < 1.29 is 4.39 Å². The van der Waals surface area contributed by atoms with Crippen molar-refractivity contribution >= 4 is 5.69 Å². The van der Waals surface area contributed by atoms with Gasteiger partial charge in [0, 0.05) is 50.5 Å². The number of benzene rings is 3. The van der Waals surface area contributed by atoms with Gasteiger partial charge in [-0.3, -0.25) is 9.69 Å². The molecule has 0 unspecified atom stereocenters. The Labute approximate surface area is 205 Å². The second-order valence-corrected chi connectivity index (χ2v) is 8.86. The van der Waals surface area contributed by atoms with Gasteiger partial charge in [0.25, 0.3) is 5.56 Å². The first-order valence-corrected chi connectivity index (χ1v) is 12.1. The molecule has 0 amide bonds. The molecule has 0 saturated carbocycles. The Morgan fingerprint density at radius 1 is 0.743 bits per heavy atom. The predicted molar refractivity (Wildman–Crippen MR) is 139 cm³/mol. The standard InChI is InChI=1S/C29H29FN4O/c30-25-14-12-24(13-15-25)28-22-27(23-8-3-1-4-9-23)29(35)34(31-28)17-7-16-32-18-20-33(21-19-32)26-10-5-2-6-11-26/h1-6,8-15,22H,7,16-21H2. The Morgan fingerprint density at radius 2 is 1.40 bits per heavy atom. The molecular formula is C29H29FN4O. The molecule has 1 saturated heterocycles. The lowest BCUT2D eigenvalue weighted by atomic mass is 10.0. The minimum atomic E-state index is -0.294. The highest BCUT2D eigenvalue weighted by Gasteiger charge is 2.17. The zero-order chi connectivity index (χ0) is 24.0. The van der Waals surface area contributed by atoms with Crippen LogP contribution in [0.2, 0.25) is 0 Å². The Hall–Kier alpha value is -3.77. The number of hydrogen-bond acceptors (Lipinski definition) is 4. The van der Waals surface area contributed by atoms with E-state index < -0.39 is 0 Å². The molecule has 0 radical (unpaired) electrons. The van der Waals surface area contributed by atoms with Crippen LogP contribution < -0.4 is 10.5 Å². The van der Waals surface area contributed by atoms with E-state index in [4.69, 9.17) is 0 Å². The molecule has 5 rings (SSSR count). The van der Waals surface area contributed by atoms with E-state index in [-0.39, 0.29) is 11.4 Å². The number of para-hydroxylation sites is 1. The summed E-state index contributed by atoms with van der Waals surface area (Å²) in [6, 6.07) is 28.2. The van der Waals surface area contributed by atoms with Gasteiger partial charge in [-0.05, 0) is 54.4 Å². The van der Waals surface area contributed by atoms with Gasteiger partial charge in [-0.1, -0.05) is 48.5 Å². The molecule has 0 spiro atoms. The van der Waals surface area contributed by atoms with E-state index in [1.165, 1.54) is 17.8 Å². The summed E-state index contributed by atoms with van der Waals surface area (Å²) in [5.41, 5.74) is 4.09. The summed E-state index contributed by atoms with van der Waals surface area (Å²) >= 11 is 0. The Kier molecular flexibility index (Phi) is 7.00. The van der Waals surface area contributed by atoms with Gasteiger partial charge in [-0.25, -0.2) is 9.07 Å². The lowest BCUT2D eigenvalue weighted by molar-refractivity contribution is 0.248. The molecule has 2 heterocycles. The van der Waals surface area contributed by atoms with Crippen molar-refractivity contribution in [2.75, 3.05) is 37.6 Å². The van der Waals surface area contributed by atoms with E-state index in [2.05, 4.69) is 39.2 Å². The third kappa shape index (κ3) is 5.49. The highest BCUT2D eigenvalue weighted by atomic mass is 19.1. The molecule has 0 bridgehead atoms. The minimum Gasteiger partial charge on any atom is -0.369 e. The fourth-order valence-electron chi connectivity index (χ4n) is 4.59. The zero-order valence-corrected chi connectivity index (χ0v) is 19.7. The third-order valence-corrected chi connectivity index (χ3v) is 6.54. The first kappa shape index (κ1) is 23.0. The Bertz CT molecular complexity index is 1300. The zero-order valence-electron chi connectivity index (χ0n) is 19.7. The van der Waals surface area contributed by atoms with E-state index >= 15 is 0 Å². The molecule has 0 atom stereocenters. The molecule has 1 aromatic heterocycles. The lowest BCUT2D eigenvalue weighted by Crippen LogP contribution is -2.46. The van der Waals surface area contributed by atoms with E-state index in [1.807, 2.05) is 42.5 Å². The van der Waals surface area contributed by atoms with Crippen LogP contribution in [0, 0.1) is 5.82 Å². The number of aryl methyl sites for hydroxylation is 1. The highest BCUT2D eigenvalue weighted by Crippen LogP contribution is 2.22. The number of hydrogen-bond donors (Lipinski definition) is 0. The summed E-state index contributed by atoms with van der Waals surface area (Å²) in [6.07, 6.45) is 0.833. The van der Waals surface area contributed by atoms with Crippen molar-refractivity contribution in [3.63, 3.8) is 0 Å². The van der Waals surface area contributed by atoms with Crippen LogP contribution in [0.15, 0.2) is 95.8 Å². The van der Waals surface area contributed by atoms with Crippen LogP contribution in [0.3, 0.4) is 0 Å². The van der Waals surface area contributed by atoms with Gasteiger partial charge in [0.05, 0.1) is 11.3 Å². The summed E-state index contributed by atoms with van der Waals surface area (Å²) in [4.78, 5) is 18.2. The summed E-state index contributed by atoms with van der Waals surface area (Å²) in [5.74, 6) is -0.294. The van der Waals surface area contributed by atoms with Gasteiger partial charge in [-0.15, -0.1) is 0 Å². The number of piperazine rings is 1. The van der Waals surface area contributed by atoms with Crippen LogP contribution in [-0.4, -0.2) is 47.4 Å². The van der Waals surface area contributed by atoms with Crippen molar-refractivity contribution in [1.82, 2.24) is 14.7 Å². The number of rotatable bonds is 7. The molecule has 1 aliphatic heterocycles. The predicted octanol–water partition coefficient (Wildman–Crippen LogP) is 4.93. The van der Waals surface area contributed by atoms with Crippen molar-refractivity contribution in [3.8, 4) is 22.4 Å². The first-order chi connectivity index (χ1) is 17.2. The van der Waals surface area contributed by atoms with Crippen LogP contribution in [0.1, 0.15) is 6.42 Å². The number of aromatic nitrogens is 2. The normalized spacial score (nSPS) is 14.3. The van der Waals surface area contributed by atoms with Crippen LogP contribution in [-0.2, 0) is 6.54 Å². The Balaban J connectivity index is 1.30. The third-order valence-electron chi connectivity index (χ3n) is 6.54. The van der Waals surface area contributed by atoms with E-state index in [1.54, 1.807) is 16.8 Å². The summed E-state index contributed by atoms with van der Waals surface area (Å²) in [6.45, 7) is 5.45. The fourth-order valence-corrected chi connectivity index (χ4v) is 4.59. The van der Waals surface area contributed by atoms with Crippen LogP contribution in [0.25, 0.3) is 22.4 Å². The largest absolute Gasteiger partial charge is 0.369 e. The highest BCUT2D eigenvalue weighted by molar-refractivity contribution is 5.69. The summed E-state index contributed by atoms with van der Waals surface area (Å²) in [7, 11) is 0. The maximum absolute atomic E-state index is 13.5. The van der Waals surface area contributed by atoms with E-state index in [0.29, 0.717) is 17.8 Å². The van der Waals surface area contributed by atoms with Crippen molar-refractivity contribution in [2.24, 2.45) is 0 Å². The van der Waals surface area contributed by atoms with Gasteiger partial charge in [-0.2, -0.15) is 5.10 Å². The minimum absolute atomic E-state index is 0.101. The van der Waals surface area contributed by atoms with Gasteiger partial charge in [0.15, 0.2) is 0 Å². The Morgan fingerprint density at radius 3 is 2.09 bits per heavy atom. The van der Waals surface area contributed by atoms with Crippen LogP contribution in [0.4, 0.5) is 10.1 Å². The molecule has 178 valence electrons. The summed E-state index contributed by atoms with van der Waals surface area (Å²) < 4.78 is 15.0. The maximum atomic E-state index is 13.5. The number of nitrogens with zero attached hydrogens (tertiary/aromatic N) is 4. The van der Waals surface area contributed by atoms with Crippen molar-refractivity contribution in [3.05, 3.63) is 107 Å². The monoisotopic (exact) mass is 468 g/mol. The molecule has 35 heavy (non-hydrogen) atoms. The van der Waals surface area contributed by atoms with Crippen molar-refractivity contribution in [1.29, 1.82) is 0 Å². The lowest BCUT2D eigenvalue weighted by Gasteiger charge is -2.36. The molecule has 0 N–H and O–H groups in total. The molecule has 1 aliphatic rings. The molecule has 6 heteroatoms. The quantitative estimate of drug-likeness (QED) is 0.386. The molecule has 3 aromatic carbocycles. The van der Waals surface area contributed by atoms with Gasteiger partial charge >= 0.3 is 0 Å². The summed E-state index contributed by atoms with van der Waals surface area (Å²) in [5, 5.41) is 4.65. The number of halogens is 1. The van der Waals surface area contributed by atoms with Gasteiger partial charge < -0.3 is 4.90 Å². The second kappa shape index (κ2) is 10.7. The van der Waals surface area contributed by atoms with Crippen LogP contribution >= 0.6 is 0 Å². The molecule has 1 fully saturated rings. The SMILES string of the molecule is O=c1c(-c2ccccc2)cc(-c2ccc(F)cc2)nn1CCCN1CCN(c2ccccc2)CC1. The molecule has 5 nitrogen and oxygen atoms in total.